The third kappa shape index (κ3) is 2.33. The van der Waals surface area contributed by atoms with E-state index in [0.717, 1.165) is 4.88 Å². The van der Waals surface area contributed by atoms with Gasteiger partial charge >= 0.3 is 0 Å². The summed E-state index contributed by atoms with van der Waals surface area (Å²) in [4.78, 5) is 1.09. The topological polar surface area (TPSA) is 35.8 Å². The lowest BCUT2D eigenvalue weighted by Crippen LogP contribution is -2.26. The summed E-state index contributed by atoms with van der Waals surface area (Å²) in [5, 5.41) is 14.0. The first-order chi connectivity index (χ1) is 5.74. The van der Waals surface area contributed by atoms with Crippen LogP contribution in [0.15, 0.2) is 17.5 Å². The highest BCUT2D eigenvalue weighted by Crippen LogP contribution is 2.18. The molecule has 2 nitrogen and oxygen atoms in total. The minimum absolute atomic E-state index is 0.148. The third-order valence-corrected chi connectivity index (χ3v) is 2.39. The molecule has 0 aliphatic carbocycles. The van der Waals surface area contributed by atoms with Crippen LogP contribution in [-0.4, -0.2) is 6.04 Å². The Hall–Kier alpha value is -0.850. The van der Waals surface area contributed by atoms with E-state index in [1.54, 1.807) is 11.3 Å². The minimum atomic E-state index is -0.148. The molecule has 0 aliphatic rings. The van der Waals surface area contributed by atoms with E-state index in [-0.39, 0.29) is 6.04 Å². The zero-order chi connectivity index (χ0) is 8.97. The molecular weight excluding hydrogens is 168 g/mol. The highest BCUT2D eigenvalue weighted by Gasteiger charge is 2.11. The lowest BCUT2D eigenvalue weighted by Gasteiger charge is -2.12. The molecule has 1 rings (SSSR count). The second-order valence-electron chi connectivity index (χ2n) is 2.90. The van der Waals surface area contributed by atoms with Crippen LogP contribution in [0.1, 0.15) is 24.8 Å². The number of nitrogens with zero attached hydrogens (tertiary/aromatic N) is 1. The summed E-state index contributed by atoms with van der Waals surface area (Å²) in [5.41, 5.74) is 0. The van der Waals surface area contributed by atoms with Crippen molar-refractivity contribution in [2.45, 2.75) is 25.9 Å². The van der Waals surface area contributed by atoms with Crippen molar-refractivity contribution in [2.24, 2.45) is 0 Å². The van der Waals surface area contributed by atoms with Crippen LogP contribution in [0.3, 0.4) is 0 Å². The maximum Gasteiger partial charge on any atom is 0.130 e. The van der Waals surface area contributed by atoms with Crippen molar-refractivity contribution in [2.75, 3.05) is 0 Å². The van der Waals surface area contributed by atoms with Gasteiger partial charge in [0, 0.05) is 10.9 Å². The van der Waals surface area contributed by atoms with Gasteiger partial charge < -0.3 is 0 Å². The molecule has 1 heterocycles. The monoisotopic (exact) mass is 180 g/mol. The standard InChI is InChI=1S/C9H12N2S/c1-7(2)11-8(6-10)9-4-3-5-12-9/h3-5,7-8,11H,1-2H3. The first-order valence-corrected chi connectivity index (χ1v) is 4.81. The van der Waals surface area contributed by atoms with Crippen LogP contribution >= 0.6 is 11.3 Å². The Morgan fingerprint density at radius 3 is 2.75 bits per heavy atom. The fraction of sp³-hybridized carbons (Fsp3) is 0.444. The average Bonchev–Trinajstić information content (AvgIpc) is 2.51. The predicted octanol–water partition coefficient (Wildman–Crippen LogP) is 2.31. The maximum absolute atomic E-state index is 8.84. The van der Waals surface area contributed by atoms with Gasteiger partial charge in [-0.15, -0.1) is 11.3 Å². The molecule has 0 saturated heterocycles. The zero-order valence-electron chi connectivity index (χ0n) is 7.24. The molecule has 1 N–H and O–H groups in total. The summed E-state index contributed by atoms with van der Waals surface area (Å²) >= 11 is 1.61. The highest BCUT2D eigenvalue weighted by molar-refractivity contribution is 7.10. The Balaban J connectivity index is 2.65. The quantitative estimate of drug-likeness (QED) is 0.774. The van der Waals surface area contributed by atoms with Crippen LogP contribution in [0.4, 0.5) is 0 Å². The maximum atomic E-state index is 8.84. The van der Waals surface area contributed by atoms with E-state index in [4.69, 9.17) is 5.26 Å². The lowest BCUT2D eigenvalue weighted by molar-refractivity contribution is 0.551. The summed E-state index contributed by atoms with van der Waals surface area (Å²) in [6.45, 7) is 4.08. The van der Waals surface area contributed by atoms with Crippen molar-refractivity contribution >= 4 is 11.3 Å². The molecule has 1 aromatic heterocycles. The van der Waals surface area contributed by atoms with Crippen LogP contribution in [0.2, 0.25) is 0 Å². The van der Waals surface area contributed by atoms with Crippen molar-refractivity contribution in [1.29, 1.82) is 5.26 Å². The molecule has 12 heavy (non-hydrogen) atoms. The molecule has 1 aromatic rings. The van der Waals surface area contributed by atoms with Crippen LogP contribution < -0.4 is 5.32 Å². The van der Waals surface area contributed by atoms with E-state index in [1.807, 2.05) is 31.4 Å². The summed E-state index contributed by atoms with van der Waals surface area (Å²) < 4.78 is 0. The summed E-state index contributed by atoms with van der Waals surface area (Å²) in [7, 11) is 0. The smallest absolute Gasteiger partial charge is 0.130 e. The molecule has 0 amide bonds. The van der Waals surface area contributed by atoms with Crippen LogP contribution in [0.5, 0.6) is 0 Å². The van der Waals surface area contributed by atoms with Crippen molar-refractivity contribution < 1.29 is 0 Å². The van der Waals surface area contributed by atoms with Crippen molar-refractivity contribution in [3.05, 3.63) is 22.4 Å². The number of thiophene rings is 1. The van der Waals surface area contributed by atoms with Gasteiger partial charge in [-0.2, -0.15) is 5.26 Å². The molecule has 1 atom stereocenters. The van der Waals surface area contributed by atoms with Crippen LogP contribution in [-0.2, 0) is 0 Å². The minimum Gasteiger partial charge on any atom is -0.295 e. The second-order valence-corrected chi connectivity index (χ2v) is 3.88. The Labute approximate surface area is 76.8 Å². The van der Waals surface area contributed by atoms with Gasteiger partial charge in [-0.1, -0.05) is 6.07 Å². The predicted molar refractivity (Wildman–Crippen MR) is 50.9 cm³/mol. The van der Waals surface area contributed by atoms with E-state index in [0.29, 0.717) is 6.04 Å². The zero-order valence-corrected chi connectivity index (χ0v) is 8.06. The summed E-state index contributed by atoms with van der Waals surface area (Å²) in [6.07, 6.45) is 0. The average molecular weight is 180 g/mol. The lowest BCUT2D eigenvalue weighted by atomic mass is 10.2. The molecule has 0 bridgehead atoms. The fourth-order valence-electron chi connectivity index (χ4n) is 0.972. The molecule has 0 aliphatic heterocycles. The van der Waals surface area contributed by atoms with Gasteiger partial charge in [0.1, 0.15) is 6.04 Å². The molecule has 0 aromatic carbocycles. The van der Waals surface area contributed by atoms with Gasteiger partial charge in [0.2, 0.25) is 0 Å². The Morgan fingerprint density at radius 1 is 1.58 bits per heavy atom. The number of nitrogens with one attached hydrogen (secondary N) is 1. The van der Waals surface area contributed by atoms with Crippen molar-refractivity contribution in [3.8, 4) is 6.07 Å². The van der Waals surface area contributed by atoms with Gasteiger partial charge in [-0.3, -0.25) is 5.32 Å². The Morgan fingerprint density at radius 2 is 2.33 bits per heavy atom. The molecule has 0 radical (unpaired) electrons. The fourth-order valence-corrected chi connectivity index (χ4v) is 1.70. The van der Waals surface area contributed by atoms with Gasteiger partial charge in [0.25, 0.3) is 0 Å². The Bertz CT molecular complexity index is 259. The summed E-state index contributed by atoms with van der Waals surface area (Å²) in [6, 6.07) is 6.38. The Kier molecular flexibility index (Phi) is 3.27. The van der Waals surface area contributed by atoms with Gasteiger partial charge in [0.15, 0.2) is 0 Å². The number of rotatable bonds is 3. The van der Waals surface area contributed by atoms with E-state index >= 15 is 0 Å². The largest absolute Gasteiger partial charge is 0.295 e. The van der Waals surface area contributed by atoms with E-state index in [1.165, 1.54) is 0 Å². The van der Waals surface area contributed by atoms with E-state index in [9.17, 15) is 0 Å². The number of nitriles is 1. The van der Waals surface area contributed by atoms with Crippen molar-refractivity contribution in [3.63, 3.8) is 0 Å². The molecular formula is C9H12N2S. The molecule has 3 heteroatoms. The van der Waals surface area contributed by atoms with Gasteiger partial charge in [-0.05, 0) is 25.3 Å². The first-order valence-electron chi connectivity index (χ1n) is 3.93. The van der Waals surface area contributed by atoms with E-state index in [2.05, 4.69) is 11.4 Å². The third-order valence-electron chi connectivity index (χ3n) is 1.46. The summed E-state index contributed by atoms with van der Waals surface area (Å²) in [5.74, 6) is 0. The highest BCUT2D eigenvalue weighted by atomic mass is 32.1. The molecule has 0 spiro atoms. The van der Waals surface area contributed by atoms with Gasteiger partial charge in [-0.25, -0.2) is 0 Å². The number of hydrogen-bond donors (Lipinski definition) is 1. The van der Waals surface area contributed by atoms with Crippen LogP contribution in [0.25, 0.3) is 0 Å². The van der Waals surface area contributed by atoms with Crippen molar-refractivity contribution in [1.82, 2.24) is 5.32 Å². The van der Waals surface area contributed by atoms with Crippen LogP contribution in [0, 0.1) is 11.3 Å². The molecule has 0 fully saturated rings. The SMILES string of the molecule is CC(C)NC(C#N)c1cccs1. The van der Waals surface area contributed by atoms with Gasteiger partial charge in [0.05, 0.1) is 6.07 Å². The molecule has 64 valence electrons. The number of hydrogen-bond acceptors (Lipinski definition) is 3. The normalized spacial score (nSPS) is 12.8. The molecule has 0 saturated carbocycles. The van der Waals surface area contributed by atoms with E-state index < -0.39 is 0 Å². The molecule has 1 unspecified atom stereocenters. The second kappa shape index (κ2) is 4.24. The first kappa shape index (κ1) is 9.24.